The average Bonchev–Trinajstić information content (AvgIpc) is 3.04. The third kappa shape index (κ3) is 3.04. The van der Waals surface area contributed by atoms with Crippen LogP contribution in [0.1, 0.15) is 21.6 Å². The van der Waals surface area contributed by atoms with Crippen molar-refractivity contribution in [1.29, 1.82) is 0 Å². The number of nitrogens with zero attached hydrogens (tertiary/aromatic N) is 3. The maximum atomic E-state index is 12.7. The fraction of sp³-hybridized carbons (Fsp3) is 0.143. The summed E-state index contributed by atoms with van der Waals surface area (Å²) in [6.07, 6.45) is 0. The van der Waals surface area contributed by atoms with Crippen LogP contribution in [-0.4, -0.2) is 32.5 Å². The van der Waals surface area contributed by atoms with E-state index < -0.39 is 11.6 Å². The number of H-pyrrole nitrogens is 1. The number of carbonyl (C=O) groups is 1. The molecule has 0 aliphatic rings. The zero-order valence-electron chi connectivity index (χ0n) is 16.2. The van der Waals surface area contributed by atoms with Gasteiger partial charge in [0.2, 0.25) is 0 Å². The highest BCUT2D eigenvalue weighted by Crippen LogP contribution is 2.29. The third-order valence-corrected chi connectivity index (χ3v) is 4.87. The number of carbonyl (C=O) groups excluding carboxylic acids is 1. The monoisotopic (exact) mass is 389 g/mol. The summed E-state index contributed by atoms with van der Waals surface area (Å²) in [7, 11) is 1.54. The highest BCUT2D eigenvalue weighted by Gasteiger charge is 2.21. The van der Waals surface area contributed by atoms with Gasteiger partial charge in [0.25, 0.3) is 5.91 Å². The van der Waals surface area contributed by atoms with Crippen LogP contribution in [0, 0.1) is 13.8 Å². The molecular formula is C21H19N5O3. The number of hydrogen-bond acceptors (Lipinski definition) is 5. The van der Waals surface area contributed by atoms with E-state index in [1.807, 2.05) is 44.2 Å². The van der Waals surface area contributed by atoms with Crippen molar-refractivity contribution in [2.45, 2.75) is 13.8 Å². The first kappa shape index (κ1) is 18.4. The summed E-state index contributed by atoms with van der Waals surface area (Å²) in [5.41, 5.74) is 8.85. The maximum absolute atomic E-state index is 12.7. The van der Waals surface area contributed by atoms with Gasteiger partial charge >= 0.3 is 5.69 Å². The molecule has 0 saturated heterocycles. The van der Waals surface area contributed by atoms with Gasteiger partial charge in [-0.25, -0.2) is 19.3 Å². The molecule has 4 rings (SSSR count). The largest absolute Gasteiger partial charge is 0.496 e. The van der Waals surface area contributed by atoms with E-state index in [0.29, 0.717) is 17.0 Å². The number of aromatic amines is 1. The molecule has 0 bridgehead atoms. The van der Waals surface area contributed by atoms with Gasteiger partial charge in [-0.15, -0.1) is 0 Å². The van der Waals surface area contributed by atoms with Gasteiger partial charge in [0.15, 0.2) is 17.2 Å². The number of rotatable bonds is 4. The molecule has 0 aliphatic carbocycles. The Morgan fingerprint density at radius 3 is 2.55 bits per heavy atom. The second-order valence-electron chi connectivity index (χ2n) is 6.69. The van der Waals surface area contributed by atoms with E-state index in [1.165, 1.54) is 11.7 Å². The molecule has 3 N–H and O–H groups in total. The van der Waals surface area contributed by atoms with E-state index in [1.54, 1.807) is 12.1 Å². The van der Waals surface area contributed by atoms with Crippen LogP contribution in [0.4, 0.5) is 0 Å². The van der Waals surface area contributed by atoms with Crippen molar-refractivity contribution in [3.05, 3.63) is 69.8 Å². The number of methoxy groups -OCH3 is 1. The van der Waals surface area contributed by atoms with Gasteiger partial charge in [0.1, 0.15) is 11.3 Å². The molecule has 1 amide bonds. The average molecular weight is 389 g/mol. The van der Waals surface area contributed by atoms with Crippen LogP contribution in [0.3, 0.4) is 0 Å². The lowest BCUT2D eigenvalue weighted by Gasteiger charge is -2.10. The molecule has 0 fully saturated rings. The standard InChI is InChI=1S/C21H19N5O3/c1-11-8-9-13(10-12(11)2)26-20-17(24-21(26)28)16(18(22)27)23-19(25-20)14-6-4-5-7-15(14)29-3/h4-10H,1-3H3,(H2,22,27)(H,24,28). The summed E-state index contributed by atoms with van der Waals surface area (Å²) in [5, 5.41) is 0. The summed E-state index contributed by atoms with van der Waals surface area (Å²) in [6.45, 7) is 3.95. The first-order valence-electron chi connectivity index (χ1n) is 8.94. The lowest BCUT2D eigenvalue weighted by molar-refractivity contribution is 0.0997. The van der Waals surface area contributed by atoms with Crippen molar-refractivity contribution >= 4 is 17.1 Å². The van der Waals surface area contributed by atoms with Gasteiger partial charge in [0.05, 0.1) is 18.4 Å². The number of imidazole rings is 1. The first-order chi connectivity index (χ1) is 13.9. The molecule has 2 aromatic carbocycles. The summed E-state index contributed by atoms with van der Waals surface area (Å²) >= 11 is 0. The Balaban J connectivity index is 2.08. The molecule has 0 radical (unpaired) electrons. The Kier molecular flexibility index (Phi) is 4.38. The quantitative estimate of drug-likeness (QED) is 0.556. The van der Waals surface area contributed by atoms with Gasteiger partial charge in [-0.1, -0.05) is 18.2 Å². The predicted octanol–water partition coefficient (Wildman–Crippen LogP) is 2.50. The minimum absolute atomic E-state index is 0.0596. The van der Waals surface area contributed by atoms with Crippen LogP contribution in [0.2, 0.25) is 0 Å². The molecule has 2 heterocycles. The molecule has 2 aromatic heterocycles. The lowest BCUT2D eigenvalue weighted by atomic mass is 10.1. The van der Waals surface area contributed by atoms with E-state index >= 15 is 0 Å². The number of hydrogen-bond donors (Lipinski definition) is 2. The highest BCUT2D eigenvalue weighted by atomic mass is 16.5. The number of aromatic nitrogens is 4. The molecule has 0 spiro atoms. The fourth-order valence-electron chi connectivity index (χ4n) is 3.22. The summed E-state index contributed by atoms with van der Waals surface area (Å²) in [6, 6.07) is 12.8. The molecule has 0 saturated carbocycles. The zero-order valence-corrected chi connectivity index (χ0v) is 16.2. The Bertz CT molecular complexity index is 1320. The SMILES string of the molecule is COc1ccccc1-c1nc(C(N)=O)c2[nH]c(=O)n(-c3ccc(C)c(C)c3)c2n1. The zero-order chi connectivity index (χ0) is 20.7. The van der Waals surface area contributed by atoms with E-state index in [-0.39, 0.29) is 22.7 Å². The summed E-state index contributed by atoms with van der Waals surface area (Å²) in [4.78, 5) is 36.4. The number of ether oxygens (including phenoxy) is 1. The third-order valence-electron chi connectivity index (χ3n) is 4.87. The maximum Gasteiger partial charge on any atom is 0.332 e. The molecule has 29 heavy (non-hydrogen) atoms. The van der Waals surface area contributed by atoms with Crippen LogP contribution in [0.15, 0.2) is 47.3 Å². The number of nitrogens with one attached hydrogen (secondary N) is 1. The first-order valence-corrected chi connectivity index (χ1v) is 8.94. The van der Waals surface area contributed by atoms with Crippen LogP contribution in [0.25, 0.3) is 28.2 Å². The normalized spacial score (nSPS) is 11.0. The molecule has 0 unspecified atom stereocenters. The van der Waals surface area contributed by atoms with Gasteiger partial charge in [0, 0.05) is 0 Å². The number of amides is 1. The Morgan fingerprint density at radius 1 is 1.10 bits per heavy atom. The lowest BCUT2D eigenvalue weighted by Crippen LogP contribution is -2.15. The second-order valence-corrected chi connectivity index (χ2v) is 6.69. The van der Waals surface area contributed by atoms with Crippen molar-refractivity contribution < 1.29 is 9.53 Å². The predicted molar refractivity (Wildman–Crippen MR) is 109 cm³/mol. The number of primary amides is 1. The molecule has 146 valence electrons. The van der Waals surface area contributed by atoms with E-state index in [4.69, 9.17) is 10.5 Å². The number of nitrogens with two attached hydrogens (primary N) is 1. The molecule has 8 heteroatoms. The van der Waals surface area contributed by atoms with Crippen LogP contribution in [0.5, 0.6) is 5.75 Å². The minimum Gasteiger partial charge on any atom is -0.496 e. The number of aryl methyl sites for hydroxylation is 2. The molecule has 0 aliphatic heterocycles. The van der Waals surface area contributed by atoms with Gasteiger partial charge < -0.3 is 15.5 Å². The number of fused-ring (bicyclic) bond motifs is 1. The van der Waals surface area contributed by atoms with Crippen molar-refractivity contribution in [3.63, 3.8) is 0 Å². The van der Waals surface area contributed by atoms with Gasteiger partial charge in [-0.3, -0.25) is 4.79 Å². The Labute approximate surface area is 166 Å². The van der Waals surface area contributed by atoms with Crippen LogP contribution in [-0.2, 0) is 0 Å². The summed E-state index contributed by atoms with van der Waals surface area (Å²) in [5.74, 6) is 0.0141. The van der Waals surface area contributed by atoms with Crippen LogP contribution < -0.4 is 16.2 Å². The highest BCUT2D eigenvalue weighted by molar-refractivity contribution is 6.02. The van der Waals surface area contributed by atoms with E-state index in [9.17, 15) is 9.59 Å². The Hall–Kier alpha value is -3.94. The number of para-hydroxylation sites is 1. The molecule has 8 nitrogen and oxygen atoms in total. The number of benzene rings is 2. The van der Waals surface area contributed by atoms with Crippen molar-refractivity contribution in [2.75, 3.05) is 7.11 Å². The summed E-state index contributed by atoms with van der Waals surface area (Å²) < 4.78 is 6.80. The molecular weight excluding hydrogens is 370 g/mol. The van der Waals surface area contributed by atoms with E-state index in [0.717, 1.165) is 11.1 Å². The fourth-order valence-corrected chi connectivity index (χ4v) is 3.22. The topological polar surface area (TPSA) is 116 Å². The van der Waals surface area contributed by atoms with Crippen molar-refractivity contribution in [3.8, 4) is 22.8 Å². The minimum atomic E-state index is -0.762. The molecule has 0 atom stereocenters. The second kappa shape index (κ2) is 6.90. The van der Waals surface area contributed by atoms with Gasteiger partial charge in [-0.2, -0.15) is 0 Å². The van der Waals surface area contributed by atoms with Crippen LogP contribution >= 0.6 is 0 Å². The van der Waals surface area contributed by atoms with Gasteiger partial charge in [-0.05, 0) is 49.2 Å². The Morgan fingerprint density at radius 2 is 1.86 bits per heavy atom. The van der Waals surface area contributed by atoms with E-state index in [2.05, 4.69) is 15.0 Å². The molecule has 4 aromatic rings. The van der Waals surface area contributed by atoms with Crippen molar-refractivity contribution in [2.24, 2.45) is 5.73 Å². The smallest absolute Gasteiger partial charge is 0.332 e. The van der Waals surface area contributed by atoms with Crippen molar-refractivity contribution in [1.82, 2.24) is 19.5 Å².